The van der Waals surface area contributed by atoms with Gasteiger partial charge in [0.15, 0.2) is 5.02 Å². The first kappa shape index (κ1) is 7.37. The van der Waals surface area contributed by atoms with Crippen molar-refractivity contribution in [2.24, 2.45) is 0 Å². The first-order chi connectivity index (χ1) is 4.63. The molecule has 0 aromatic carbocycles. The summed E-state index contributed by atoms with van der Waals surface area (Å²) in [5.41, 5.74) is 0. The number of H-pyrrole nitrogens is 1. The topological polar surface area (TPSA) is 58.9 Å². The fourth-order valence-corrected chi connectivity index (χ4v) is 0.827. The Hall–Kier alpha value is -0.740. The van der Waals surface area contributed by atoms with Gasteiger partial charge < -0.3 is 10.1 Å². The maximum absolute atomic E-state index is 10.1. The summed E-state index contributed by atoms with van der Waals surface area (Å²) in [6, 6.07) is 0. The number of aromatic amines is 1. The van der Waals surface area contributed by atoms with Crippen LogP contribution in [-0.2, 0) is 0 Å². The Bertz CT molecular complexity index is 270. The van der Waals surface area contributed by atoms with Crippen LogP contribution < -0.4 is 0 Å². The van der Waals surface area contributed by atoms with Crippen molar-refractivity contribution in [3.05, 3.63) is 26.4 Å². The predicted molar refractivity (Wildman–Crippen MR) is 37.5 cm³/mol. The molecule has 0 amide bonds. The Balaban J connectivity index is 3.17. The van der Waals surface area contributed by atoms with Gasteiger partial charge in [-0.2, -0.15) is 0 Å². The number of hydrogen-bond acceptors (Lipinski definition) is 2. The van der Waals surface area contributed by atoms with Gasteiger partial charge in [-0.15, -0.1) is 0 Å². The molecule has 0 bridgehead atoms. The van der Waals surface area contributed by atoms with Crippen molar-refractivity contribution in [3.8, 4) is 0 Å². The van der Waals surface area contributed by atoms with Crippen LogP contribution in [0.2, 0.25) is 10.0 Å². The summed E-state index contributed by atoms with van der Waals surface area (Å²) in [5.74, 6) is -0.272. The van der Waals surface area contributed by atoms with Gasteiger partial charge in [0.2, 0.25) is 0 Å². The molecule has 0 atom stereocenters. The number of rotatable bonds is 1. The minimum Gasteiger partial charge on any atom is -0.358 e. The summed E-state index contributed by atoms with van der Waals surface area (Å²) in [7, 11) is 0. The van der Waals surface area contributed by atoms with E-state index in [9.17, 15) is 10.1 Å². The molecule has 4 nitrogen and oxygen atoms in total. The van der Waals surface area contributed by atoms with Crippen LogP contribution in [0.15, 0.2) is 6.20 Å². The first-order valence-corrected chi connectivity index (χ1v) is 3.05. The maximum Gasteiger partial charge on any atom is 0.341 e. The van der Waals surface area contributed by atoms with Gasteiger partial charge in [0.1, 0.15) is 11.2 Å². The van der Waals surface area contributed by atoms with E-state index in [4.69, 9.17) is 23.2 Å². The van der Waals surface area contributed by atoms with Crippen LogP contribution in [-0.4, -0.2) is 9.91 Å². The molecule has 0 spiro atoms. The second-order valence-corrected chi connectivity index (χ2v) is 2.34. The lowest BCUT2D eigenvalue weighted by Gasteiger charge is -1.88. The van der Waals surface area contributed by atoms with Gasteiger partial charge >= 0.3 is 5.82 Å². The largest absolute Gasteiger partial charge is 0.358 e. The number of nitro groups is 1. The lowest BCUT2D eigenvalue weighted by atomic mass is 10.6. The summed E-state index contributed by atoms with van der Waals surface area (Å²) in [6.07, 6.45) is 1.27. The average molecular weight is 181 g/mol. The van der Waals surface area contributed by atoms with Crippen molar-refractivity contribution in [3.63, 3.8) is 0 Å². The highest BCUT2D eigenvalue weighted by molar-refractivity contribution is 6.43. The molecule has 0 aliphatic rings. The standard InChI is InChI=1S/C4H2Cl2N2O2/c5-2-1-7-4(3(2)6)8(9)10/h1,7H. The van der Waals surface area contributed by atoms with Gasteiger partial charge in [0, 0.05) is 0 Å². The Morgan fingerprint density at radius 1 is 1.60 bits per heavy atom. The Labute approximate surface area is 65.9 Å². The molecule has 1 heterocycles. The van der Waals surface area contributed by atoms with Gasteiger partial charge in [-0.05, 0) is 4.92 Å². The third-order valence-electron chi connectivity index (χ3n) is 0.936. The van der Waals surface area contributed by atoms with E-state index in [0.717, 1.165) is 0 Å². The highest BCUT2D eigenvalue weighted by Crippen LogP contribution is 2.30. The summed E-state index contributed by atoms with van der Waals surface area (Å²) in [5, 5.41) is 10.2. The molecule has 54 valence electrons. The predicted octanol–water partition coefficient (Wildman–Crippen LogP) is 2.23. The van der Waals surface area contributed by atoms with E-state index in [1.165, 1.54) is 6.20 Å². The molecule has 0 aliphatic heterocycles. The molecule has 0 radical (unpaired) electrons. The number of nitrogens with zero attached hydrogens (tertiary/aromatic N) is 1. The van der Waals surface area contributed by atoms with Crippen molar-refractivity contribution in [2.45, 2.75) is 0 Å². The van der Waals surface area contributed by atoms with Gasteiger partial charge in [-0.3, -0.25) is 0 Å². The van der Waals surface area contributed by atoms with Crippen LogP contribution >= 0.6 is 23.2 Å². The van der Waals surface area contributed by atoms with E-state index in [2.05, 4.69) is 4.98 Å². The highest BCUT2D eigenvalue weighted by Gasteiger charge is 2.15. The third kappa shape index (κ3) is 1.08. The third-order valence-corrected chi connectivity index (χ3v) is 1.71. The Morgan fingerprint density at radius 3 is 2.40 bits per heavy atom. The zero-order chi connectivity index (χ0) is 7.72. The van der Waals surface area contributed by atoms with Crippen LogP contribution in [0, 0.1) is 10.1 Å². The average Bonchev–Trinajstić information content (AvgIpc) is 2.14. The molecule has 1 aromatic heterocycles. The molecule has 1 N–H and O–H groups in total. The van der Waals surface area contributed by atoms with E-state index in [1.807, 2.05) is 0 Å². The summed E-state index contributed by atoms with van der Waals surface area (Å²) < 4.78 is 0. The fourth-order valence-electron chi connectivity index (χ4n) is 0.504. The van der Waals surface area contributed by atoms with Gasteiger partial charge in [0.25, 0.3) is 0 Å². The van der Waals surface area contributed by atoms with Crippen molar-refractivity contribution < 1.29 is 4.92 Å². The van der Waals surface area contributed by atoms with Crippen molar-refractivity contribution in [2.75, 3.05) is 0 Å². The first-order valence-electron chi connectivity index (χ1n) is 2.29. The van der Waals surface area contributed by atoms with E-state index < -0.39 is 4.92 Å². The monoisotopic (exact) mass is 180 g/mol. The van der Waals surface area contributed by atoms with Crippen molar-refractivity contribution >= 4 is 29.0 Å². The number of aromatic nitrogens is 1. The quantitative estimate of drug-likeness (QED) is 0.533. The van der Waals surface area contributed by atoms with Crippen LogP contribution in [0.5, 0.6) is 0 Å². The second kappa shape index (κ2) is 2.48. The summed E-state index contributed by atoms with van der Waals surface area (Å²) in [4.78, 5) is 11.7. The van der Waals surface area contributed by atoms with E-state index in [-0.39, 0.29) is 15.9 Å². The van der Waals surface area contributed by atoms with Gasteiger partial charge in [0.05, 0.1) is 0 Å². The van der Waals surface area contributed by atoms with Crippen LogP contribution in [0.25, 0.3) is 0 Å². The molecule has 1 aromatic rings. The van der Waals surface area contributed by atoms with Gasteiger partial charge in [-0.1, -0.05) is 23.2 Å². The Morgan fingerprint density at radius 2 is 2.20 bits per heavy atom. The Kier molecular flexibility index (Phi) is 1.82. The minimum atomic E-state index is -0.631. The molecular formula is C4H2Cl2N2O2. The summed E-state index contributed by atoms with van der Waals surface area (Å²) >= 11 is 10.8. The van der Waals surface area contributed by atoms with E-state index >= 15 is 0 Å². The number of halogens is 2. The fraction of sp³-hybridized carbons (Fsp3) is 0. The van der Waals surface area contributed by atoms with Crippen LogP contribution in [0.1, 0.15) is 0 Å². The maximum atomic E-state index is 10.1. The van der Waals surface area contributed by atoms with Gasteiger partial charge in [-0.25, -0.2) is 4.98 Å². The zero-order valence-corrected chi connectivity index (χ0v) is 6.11. The minimum absolute atomic E-state index is 0.0494. The lowest BCUT2D eigenvalue weighted by Crippen LogP contribution is -1.86. The number of nitrogens with one attached hydrogen (secondary N) is 1. The molecule has 0 unspecified atom stereocenters. The molecule has 0 aliphatic carbocycles. The van der Waals surface area contributed by atoms with Crippen molar-refractivity contribution in [1.29, 1.82) is 0 Å². The normalized spacial score (nSPS) is 9.80. The smallest absolute Gasteiger partial charge is 0.341 e. The molecule has 0 fully saturated rings. The van der Waals surface area contributed by atoms with E-state index in [0.29, 0.717) is 0 Å². The molecule has 0 saturated carbocycles. The zero-order valence-electron chi connectivity index (χ0n) is 4.60. The second-order valence-electron chi connectivity index (χ2n) is 1.56. The number of hydrogen-bond donors (Lipinski definition) is 1. The van der Waals surface area contributed by atoms with Crippen molar-refractivity contribution in [1.82, 2.24) is 4.98 Å². The molecule has 0 saturated heterocycles. The lowest BCUT2D eigenvalue weighted by molar-refractivity contribution is -0.389. The molecular weight excluding hydrogens is 179 g/mol. The molecule has 10 heavy (non-hydrogen) atoms. The molecule has 6 heteroatoms. The molecule has 1 rings (SSSR count). The highest BCUT2D eigenvalue weighted by atomic mass is 35.5. The SMILES string of the molecule is O=[N+]([O-])c1[nH]cc(Cl)c1Cl. The van der Waals surface area contributed by atoms with Crippen LogP contribution in [0.4, 0.5) is 5.82 Å². The summed E-state index contributed by atoms with van der Waals surface area (Å²) in [6.45, 7) is 0. The van der Waals surface area contributed by atoms with Crippen LogP contribution in [0.3, 0.4) is 0 Å². The van der Waals surface area contributed by atoms with E-state index in [1.54, 1.807) is 0 Å².